The molecule has 2 N–H and O–H groups in total. The largest absolute Gasteiger partial charge is 0.391 e. The lowest BCUT2D eigenvalue weighted by Gasteiger charge is -2.28. The zero-order valence-electron chi connectivity index (χ0n) is 10.7. The second-order valence-electron chi connectivity index (χ2n) is 4.97. The normalized spacial score (nSPS) is 23.7. The van der Waals surface area contributed by atoms with Crippen LogP contribution in [0, 0.1) is 6.92 Å². The molecule has 0 bridgehead atoms. The molecule has 1 heterocycles. The van der Waals surface area contributed by atoms with E-state index in [1.165, 1.54) is 0 Å². The molecule has 4 nitrogen and oxygen atoms in total. The lowest BCUT2D eigenvalue weighted by molar-refractivity contribution is -0.122. The molecule has 1 fully saturated rings. The molecule has 18 heavy (non-hydrogen) atoms. The van der Waals surface area contributed by atoms with Gasteiger partial charge in [-0.2, -0.15) is 0 Å². The lowest BCUT2D eigenvalue weighted by Crippen LogP contribution is -2.45. The van der Waals surface area contributed by atoms with Crippen LogP contribution in [0.4, 0.5) is 0 Å². The van der Waals surface area contributed by atoms with Gasteiger partial charge in [0.25, 0.3) is 0 Å². The van der Waals surface area contributed by atoms with Crippen molar-refractivity contribution in [1.82, 2.24) is 10.3 Å². The summed E-state index contributed by atoms with van der Waals surface area (Å²) >= 11 is 0. The summed E-state index contributed by atoms with van der Waals surface area (Å²) in [7, 11) is 0. The van der Waals surface area contributed by atoms with Gasteiger partial charge in [0.05, 0.1) is 24.3 Å². The molecule has 2 unspecified atom stereocenters. The molecule has 0 radical (unpaired) electrons. The Morgan fingerprint density at radius 1 is 1.50 bits per heavy atom. The first-order valence-corrected chi connectivity index (χ1v) is 6.55. The van der Waals surface area contributed by atoms with Crippen molar-refractivity contribution in [2.75, 3.05) is 0 Å². The number of carbonyl (C=O) groups excluding carboxylic acids is 1. The van der Waals surface area contributed by atoms with Crippen molar-refractivity contribution in [3.05, 3.63) is 29.6 Å². The van der Waals surface area contributed by atoms with Gasteiger partial charge in [-0.15, -0.1) is 0 Å². The van der Waals surface area contributed by atoms with Gasteiger partial charge in [-0.3, -0.25) is 9.78 Å². The predicted octanol–water partition coefficient (Wildman–Crippen LogP) is 1.35. The van der Waals surface area contributed by atoms with Gasteiger partial charge < -0.3 is 10.4 Å². The number of aliphatic hydroxyl groups excluding tert-OH is 1. The van der Waals surface area contributed by atoms with E-state index >= 15 is 0 Å². The highest BCUT2D eigenvalue weighted by molar-refractivity contribution is 5.78. The standard InChI is InChI=1S/C14H20N2O2/c1-10-5-4-8-15-12(10)9-14(18)16-11-6-2-3-7-13(11)17/h4-5,8,11,13,17H,2-3,6-7,9H2,1H3,(H,16,18). The summed E-state index contributed by atoms with van der Waals surface area (Å²) in [6.07, 6.45) is 5.37. The summed E-state index contributed by atoms with van der Waals surface area (Å²) in [4.78, 5) is 16.1. The molecule has 1 amide bonds. The number of nitrogens with one attached hydrogen (secondary N) is 1. The van der Waals surface area contributed by atoms with Crippen LogP contribution in [0.5, 0.6) is 0 Å². The highest BCUT2D eigenvalue weighted by Crippen LogP contribution is 2.18. The van der Waals surface area contributed by atoms with Crippen molar-refractivity contribution < 1.29 is 9.90 Å². The Morgan fingerprint density at radius 3 is 3.00 bits per heavy atom. The van der Waals surface area contributed by atoms with Gasteiger partial charge in [0.15, 0.2) is 0 Å². The van der Waals surface area contributed by atoms with Crippen LogP contribution in [-0.4, -0.2) is 28.1 Å². The summed E-state index contributed by atoms with van der Waals surface area (Å²) in [5.74, 6) is -0.0530. The monoisotopic (exact) mass is 248 g/mol. The maximum atomic E-state index is 11.9. The third-order valence-electron chi connectivity index (χ3n) is 3.52. The van der Waals surface area contributed by atoms with Crippen molar-refractivity contribution in [2.24, 2.45) is 0 Å². The Bertz CT molecular complexity index is 420. The van der Waals surface area contributed by atoms with Crippen LogP contribution < -0.4 is 5.32 Å². The molecular formula is C14H20N2O2. The van der Waals surface area contributed by atoms with E-state index in [9.17, 15) is 9.90 Å². The van der Waals surface area contributed by atoms with Gasteiger partial charge in [0.2, 0.25) is 5.91 Å². The molecule has 4 heteroatoms. The Labute approximate surface area is 107 Å². The molecule has 2 atom stereocenters. The number of hydrogen-bond donors (Lipinski definition) is 2. The number of nitrogens with zero attached hydrogens (tertiary/aromatic N) is 1. The maximum Gasteiger partial charge on any atom is 0.226 e. The molecule has 0 saturated heterocycles. The Hall–Kier alpha value is -1.42. The first-order valence-electron chi connectivity index (χ1n) is 6.55. The van der Waals surface area contributed by atoms with E-state index in [2.05, 4.69) is 10.3 Å². The molecule has 1 aliphatic rings. The second kappa shape index (κ2) is 5.96. The smallest absolute Gasteiger partial charge is 0.226 e. The number of aromatic nitrogens is 1. The number of aryl methyl sites for hydroxylation is 1. The van der Waals surface area contributed by atoms with Crippen LogP contribution in [0.3, 0.4) is 0 Å². The topological polar surface area (TPSA) is 62.2 Å². The van der Waals surface area contributed by atoms with Gasteiger partial charge in [-0.25, -0.2) is 0 Å². The zero-order chi connectivity index (χ0) is 13.0. The first kappa shape index (κ1) is 13.0. The van der Waals surface area contributed by atoms with E-state index in [-0.39, 0.29) is 18.4 Å². The molecule has 98 valence electrons. The number of carbonyl (C=O) groups is 1. The minimum atomic E-state index is -0.396. The number of rotatable bonds is 3. The number of hydrogen-bond acceptors (Lipinski definition) is 3. The predicted molar refractivity (Wildman–Crippen MR) is 69.1 cm³/mol. The van der Waals surface area contributed by atoms with E-state index in [4.69, 9.17) is 0 Å². The second-order valence-corrected chi connectivity index (χ2v) is 4.97. The van der Waals surface area contributed by atoms with Gasteiger partial charge in [0.1, 0.15) is 0 Å². The third kappa shape index (κ3) is 3.29. The lowest BCUT2D eigenvalue weighted by atomic mass is 9.92. The van der Waals surface area contributed by atoms with E-state index in [0.717, 1.165) is 36.9 Å². The van der Waals surface area contributed by atoms with Crippen molar-refractivity contribution in [3.63, 3.8) is 0 Å². The summed E-state index contributed by atoms with van der Waals surface area (Å²) in [6, 6.07) is 3.72. The summed E-state index contributed by atoms with van der Waals surface area (Å²) in [6.45, 7) is 1.95. The van der Waals surface area contributed by atoms with E-state index in [1.807, 2.05) is 19.1 Å². The fourth-order valence-electron chi connectivity index (χ4n) is 2.39. The number of amides is 1. The van der Waals surface area contributed by atoms with E-state index < -0.39 is 6.10 Å². The van der Waals surface area contributed by atoms with Gasteiger partial charge >= 0.3 is 0 Å². The SMILES string of the molecule is Cc1cccnc1CC(=O)NC1CCCCC1O. The van der Waals surface area contributed by atoms with Crippen LogP contribution in [0.25, 0.3) is 0 Å². The molecule has 1 saturated carbocycles. The van der Waals surface area contributed by atoms with E-state index in [1.54, 1.807) is 6.20 Å². The molecule has 1 aliphatic carbocycles. The van der Waals surface area contributed by atoms with Gasteiger partial charge in [-0.1, -0.05) is 18.9 Å². The summed E-state index contributed by atoms with van der Waals surface area (Å²) < 4.78 is 0. The fourth-order valence-corrected chi connectivity index (χ4v) is 2.39. The Balaban J connectivity index is 1.90. The van der Waals surface area contributed by atoms with Crippen LogP contribution in [0.2, 0.25) is 0 Å². The van der Waals surface area contributed by atoms with Crippen LogP contribution in [0.15, 0.2) is 18.3 Å². The molecule has 1 aromatic rings. The molecular weight excluding hydrogens is 228 g/mol. The highest BCUT2D eigenvalue weighted by Gasteiger charge is 2.24. The Kier molecular flexibility index (Phi) is 4.31. The van der Waals surface area contributed by atoms with Crippen molar-refractivity contribution in [3.8, 4) is 0 Å². The van der Waals surface area contributed by atoms with Crippen molar-refractivity contribution in [1.29, 1.82) is 0 Å². The minimum Gasteiger partial charge on any atom is -0.391 e. The van der Waals surface area contributed by atoms with Crippen LogP contribution in [-0.2, 0) is 11.2 Å². The maximum absolute atomic E-state index is 11.9. The molecule has 1 aromatic heterocycles. The molecule has 2 rings (SSSR count). The molecule has 0 spiro atoms. The summed E-state index contributed by atoms with van der Waals surface area (Å²) in [5, 5.41) is 12.7. The average Bonchev–Trinajstić information content (AvgIpc) is 2.35. The molecule has 0 aromatic carbocycles. The molecule has 0 aliphatic heterocycles. The first-order chi connectivity index (χ1) is 8.66. The average molecular weight is 248 g/mol. The van der Waals surface area contributed by atoms with Crippen molar-refractivity contribution in [2.45, 2.75) is 51.2 Å². The minimum absolute atomic E-state index is 0.0530. The number of aliphatic hydroxyl groups is 1. The highest BCUT2D eigenvalue weighted by atomic mass is 16.3. The van der Waals surface area contributed by atoms with E-state index in [0.29, 0.717) is 0 Å². The van der Waals surface area contributed by atoms with Gasteiger partial charge in [0, 0.05) is 6.20 Å². The summed E-state index contributed by atoms with van der Waals surface area (Å²) in [5.41, 5.74) is 1.83. The van der Waals surface area contributed by atoms with Gasteiger partial charge in [-0.05, 0) is 31.4 Å². The zero-order valence-corrected chi connectivity index (χ0v) is 10.7. The fraction of sp³-hybridized carbons (Fsp3) is 0.571. The quantitative estimate of drug-likeness (QED) is 0.849. The number of pyridine rings is 1. The Morgan fingerprint density at radius 2 is 2.28 bits per heavy atom. The van der Waals surface area contributed by atoms with Crippen LogP contribution >= 0.6 is 0 Å². The third-order valence-corrected chi connectivity index (χ3v) is 3.52. The van der Waals surface area contributed by atoms with Crippen LogP contribution in [0.1, 0.15) is 36.9 Å². The van der Waals surface area contributed by atoms with Crippen molar-refractivity contribution >= 4 is 5.91 Å².